The average Bonchev–Trinajstić information content (AvgIpc) is 3.14. The van der Waals surface area contributed by atoms with Gasteiger partial charge in [-0.2, -0.15) is 8.75 Å². The maximum Gasteiger partial charge on any atom is 0.243 e. The molecule has 0 amide bonds. The molecule has 1 aliphatic rings. The molecule has 3 aromatic rings. The van der Waals surface area contributed by atoms with E-state index in [4.69, 9.17) is 0 Å². The molecule has 112 valence electrons. The lowest BCUT2D eigenvalue weighted by Gasteiger charge is -2.14. The summed E-state index contributed by atoms with van der Waals surface area (Å²) in [5, 5.41) is 0. The minimum absolute atomic E-state index is 0.178. The molecule has 0 radical (unpaired) electrons. The van der Waals surface area contributed by atoms with Crippen LogP contribution in [0.3, 0.4) is 0 Å². The molecule has 0 saturated heterocycles. The number of nitrogens with one attached hydrogen (secondary N) is 1. The van der Waals surface area contributed by atoms with Crippen LogP contribution in [-0.2, 0) is 16.4 Å². The Labute approximate surface area is 132 Å². The van der Waals surface area contributed by atoms with E-state index in [1.165, 1.54) is 5.56 Å². The van der Waals surface area contributed by atoms with Gasteiger partial charge in [0.15, 0.2) is 0 Å². The van der Waals surface area contributed by atoms with Crippen LogP contribution < -0.4 is 4.72 Å². The topological polar surface area (TPSA) is 72.0 Å². The molecule has 0 fully saturated rings. The first-order valence-corrected chi connectivity index (χ1v) is 9.18. The summed E-state index contributed by atoms with van der Waals surface area (Å²) >= 11 is 1.02. The van der Waals surface area contributed by atoms with Crippen molar-refractivity contribution in [2.24, 2.45) is 0 Å². The number of benzene rings is 2. The zero-order valence-corrected chi connectivity index (χ0v) is 13.2. The molecular formula is C15H13N3O2S2. The molecule has 4 rings (SSSR count). The van der Waals surface area contributed by atoms with E-state index in [0.29, 0.717) is 11.0 Å². The fraction of sp³-hybridized carbons (Fsp3) is 0.200. The summed E-state index contributed by atoms with van der Waals surface area (Å²) in [6.07, 6.45) is 1.68. The molecule has 0 unspecified atom stereocenters. The van der Waals surface area contributed by atoms with Gasteiger partial charge >= 0.3 is 0 Å². The van der Waals surface area contributed by atoms with Gasteiger partial charge in [-0.25, -0.2) is 13.1 Å². The lowest BCUT2D eigenvalue weighted by molar-refractivity contribution is 0.555. The lowest BCUT2D eigenvalue weighted by atomic mass is 10.1. The van der Waals surface area contributed by atoms with Crippen molar-refractivity contribution in [3.63, 3.8) is 0 Å². The van der Waals surface area contributed by atoms with Crippen LogP contribution in [0.1, 0.15) is 23.6 Å². The predicted octanol–water partition coefficient (Wildman–Crippen LogP) is 2.66. The van der Waals surface area contributed by atoms with E-state index in [1.807, 2.05) is 18.2 Å². The lowest BCUT2D eigenvalue weighted by Crippen LogP contribution is -2.27. The minimum atomic E-state index is -3.63. The molecule has 1 atom stereocenters. The first-order chi connectivity index (χ1) is 10.6. The molecule has 22 heavy (non-hydrogen) atoms. The van der Waals surface area contributed by atoms with Gasteiger partial charge in [0, 0.05) is 6.04 Å². The SMILES string of the molecule is O=S(=O)(N[C@@H]1CCc2ccccc21)c1cccc2nsnc12. The van der Waals surface area contributed by atoms with Crippen LogP contribution in [0.15, 0.2) is 47.4 Å². The summed E-state index contributed by atoms with van der Waals surface area (Å²) in [7, 11) is -3.63. The van der Waals surface area contributed by atoms with Gasteiger partial charge in [0.05, 0.1) is 11.7 Å². The Bertz CT molecular complexity index is 950. The molecule has 5 nitrogen and oxygen atoms in total. The second kappa shape index (κ2) is 5.12. The highest BCUT2D eigenvalue weighted by atomic mass is 32.2. The van der Waals surface area contributed by atoms with Gasteiger partial charge in [-0.15, -0.1) is 0 Å². The van der Waals surface area contributed by atoms with Gasteiger partial charge in [0.1, 0.15) is 15.9 Å². The van der Waals surface area contributed by atoms with Gasteiger partial charge < -0.3 is 0 Å². The van der Waals surface area contributed by atoms with Crippen molar-refractivity contribution < 1.29 is 8.42 Å². The van der Waals surface area contributed by atoms with Crippen LogP contribution >= 0.6 is 11.7 Å². The van der Waals surface area contributed by atoms with E-state index in [2.05, 4.69) is 19.5 Å². The minimum Gasteiger partial charge on any atom is -0.207 e. The van der Waals surface area contributed by atoms with Crippen molar-refractivity contribution in [3.05, 3.63) is 53.6 Å². The number of hydrogen-bond donors (Lipinski definition) is 1. The van der Waals surface area contributed by atoms with Crippen molar-refractivity contribution in [2.75, 3.05) is 0 Å². The van der Waals surface area contributed by atoms with Crippen molar-refractivity contribution in [1.82, 2.24) is 13.5 Å². The van der Waals surface area contributed by atoms with Gasteiger partial charge in [0.25, 0.3) is 0 Å². The molecule has 1 aliphatic carbocycles. The van der Waals surface area contributed by atoms with Crippen LogP contribution in [0.5, 0.6) is 0 Å². The fourth-order valence-electron chi connectivity index (χ4n) is 2.93. The van der Waals surface area contributed by atoms with Crippen LogP contribution in [-0.4, -0.2) is 17.2 Å². The molecule has 0 bridgehead atoms. The zero-order chi connectivity index (χ0) is 15.2. The van der Waals surface area contributed by atoms with Gasteiger partial charge in [-0.1, -0.05) is 30.3 Å². The molecule has 1 aromatic heterocycles. The van der Waals surface area contributed by atoms with Gasteiger partial charge in [-0.05, 0) is 36.1 Å². The summed E-state index contributed by atoms with van der Waals surface area (Å²) in [4.78, 5) is 0.197. The highest BCUT2D eigenvalue weighted by molar-refractivity contribution is 7.89. The molecule has 0 spiro atoms. The summed E-state index contributed by atoms with van der Waals surface area (Å²) < 4.78 is 36.5. The van der Waals surface area contributed by atoms with Gasteiger partial charge in [0.2, 0.25) is 10.0 Å². The van der Waals surface area contributed by atoms with Crippen molar-refractivity contribution in [2.45, 2.75) is 23.8 Å². The average molecular weight is 331 g/mol. The van der Waals surface area contributed by atoms with E-state index < -0.39 is 10.0 Å². The summed E-state index contributed by atoms with van der Waals surface area (Å²) in [5.74, 6) is 0. The number of sulfonamides is 1. The van der Waals surface area contributed by atoms with Crippen LogP contribution in [0, 0.1) is 0 Å². The third-order valence-corrected chi connectivity index (χ3v) is 6.01. The highest BCUT2D eigenvalue weighted by Gasteiger charge is 2.28. The Morgan fingerprint density at radius 3 is 2.86 bits per heavy atom. The number of rotatable bonds is 3. The standard InChI is InChI=1S/C15H13N3O2S2/c19-22(20,14-7-3-6-13-15(14)17-21-16-13)18-12-9-8-10-4-1-2-5-11(10)12/h1-7,12,18H,8-9H2/t12-/m1/s1. The summed E-state index contributed by atoms with van der Waals surface area (Å²) in [6, 6.07) is 12.8. The monoisotopic (exact) mass is 331 g/mol. The van der Waals surface area contributed by atoms with Crippen LogP contribution in [0.4, 0.5) is 0 Å². The molecule has 7 heteroatoms. The number of aromatic nitrogens is 2. The Kier molecular flexibility index (Phi) is 3.21. The normalized spacial score (nSPS) is 17.7. The van der Waals surface area contributed by atoms with E-state index >= 15 is 0 Å². The number of hydrogen-bond acceptors (Lipinski definition) is 5. The maximum absolute atomic E-state index is 12.7. The second-order valence-corrected chi connectivity index (χ2v) is 7.51. The summed E-state index contributed by atoms with van der Waals surface area (Å²) in [5.41, 5.74) is 3.32. The molecule has 1 N–H and O–H groups in total. The molecule has 1 heterocycles. The zero-order valence-electron chi connectivity index (χ0n) is 11.6. The van der Waals surface area contributed by atoms with E-state index in [-0.39, 0.29) is 10.9 Å². The maximum atomic E-state index is 12.7. The fourth-order valence-corrected chi connectivity index (χ4v) is 4.94. The van der Waals surface area contributed by atoms with E-state index in [0.717, 1.165) is 30.1 Å². The smallest absolute Gasteiger partial charge is 0.207 e. The van der Waals surface area contributed by atoms with Crippen LogP contribution in [0.25, 0.3) is 11.0 Å². The first-order valence-electron chi connectivity index (χ1n) is 6.96. The number of fused-ring (bicyclic) bond motifs is 2. The third kappa shape index (κ3) is 2.22. The summed E-state index contributed by atoms with van der Waals surface area (Å²) in [6.45, 7) is 0. The quantitative estimate of drug-likeness (QED) is 0.801. The van der Waals surface area contributed by atoms with E-state index in [1.54, 1.807) is 18.2 Å². The molecular weight excluding hydrogens is 318 g/mol. The Morgan fingerprint density at radius 2 is 1.95 bits per heavy atom. The predicted molar refractivity (Wildman–Crippen MR) is 85.2 cm³/mol. The third-order valence-electron chi connectivity index (χ3n) is 3.97. The second-order valence-electron chi connectivity index (χ2n) is 5.30. The molecule has 2 aromatic carbocycles. The van der Waals surface area contributed by atoms with Crippen molar-refractivity contribution >= 4 is 32.8 Å². The number of nitrogens with zero attached hydrogens (tertiary/aromatic N) is 2. The largest absolute Gasteiger partial charge is 0.243 e. The van der Waals surface area contributed by atoms with E-state index in [9.17, 15) is 8.42 Å². The first kappa shape index (κ1) is 13.8. The van der Waals surface area contributed by atoms with Crippen molar-refractivity contribution in [3.8, 4) is 0 Å². The Balaban J connectivity index is 1.72. The Morgan fingerprint density at radius 1 is 1.09 bits per heavy atom. The number of aryl methyl sites for hydroxylation is 1. The molecule has 0 aliphatic heterocycles. The Hall–Kier alpha value is -1.83. The van der Waals surface area contributed by atoms with Crippen molar-refractivity contribution in [1.29, 1.82) is 0 Å². The highest BCUT2D eigenvalue weighted by Crippen LogP contribution is 2.32. The van der Waals surface area contributed by atoms with Crippen LogP contribution in [0.2, 0.25) is 0 Å². The molecule has 0 saturated carbocycles. The van der Waals surface area contributed by atoms with Gasteiger partial charge in [-0.3, -0.25) is 0 Å².